The Morgan fingerprint density at radius 2 is 1.65 bits per heavy atom. The van der Waals surface area contributed by atoms with E-state index in [0.717, 1.165) is 46.6 Å². The molecule has 6 heteroatoms. The average Bonchev–Trinajstić information content (AvgIpc) is 2.77. The van der Waals surface area contributed by atoms with Crippen LogP contribution < -0.4 is 14.8 Å². The molecule has 1 heterocycles. The number of nitrogens with one attached hydrogen (secondary N) is 1. The molecule has 1 saturated heterocycles. The Balaban J connectivity index is 1.42. The number of methoxy groups -OCH3 is 1. The van der Waals surface area contributed by atoms with Crippen molar-refractivity contribution >= 4 is 11.8 Å². The van der Waals surface area contributed by atoms with Crippen LogP contribution in [0.25, 0.3) is 0 Å². The standard InChI is InChI=1S/C25H32N2O4/c1-17-5-6-18(2)25(19(17)3)31-16-23(28)26-21-11-13-27(14-12-21)24(29)15-20-7-9-22(30-4)10-8-20/h5-10,21H,11-16H2,1-4H3,(H,26,28). The maximum Gasteiger partial charge on any atom is 0.258 e. The highest BCUT2D eigenvalue weighted by molar-refractivity contribution is 5.79. The Labute approximate surface area is 184 Å². The van der Waals surface area contributed by atoms with Gasteiger partial charge in [0.05, 0.1) is 13.5 Å². The Kier molecular flexibility index (Phi) is 7.55. The lowest BCUT2D eigenvalue weighted by Crippen LogP contribution is -2.47. The second-order valence-corrected chi connectivity index (χ2v) is 8.19. The normalized spacial score (nSPS) is 14.3. The molecule has 3 rings (SSSR count). The van der Waals surface area contributed by atoms with Gasteiger partial charge in [0.2, 0.25) is 5.91 Å². The van der Waals surface area contributed by atoms with Crippen LogP contribution >= 0.6 is 0 Å². The fraction of sp³-hybridized carbons (Fsp3) is 0.440. The summed E-state index contributed by atoms with van der Waals surface area (Å²) < 4.78 is 11.0. The van der Waals surface area contributed by atoms with Crippen molar-refractivity contribution in [2.75, 3.05) is 26.8 Å². The monoisotopic (exact) mass is 424 g/mol. The number of nitrogens with zero attached hydrogens (tertiary/aromatic N) is 1. The van der Waals surface area contributed by atoms with Gasteiger partial charge in [0.25, 0.3) is 5.91 Å². The lowest BCUT2D eigenvalue weighted by molar-refractivity contribution is -0.131. The summed E-state index contributed by atoms with van der Waals surface area (Å²) in [7, 11) is 1.62. The molecule has 1 N–H and O–H groups in total. The van der Waals surface area contributed by atoms with Gasteiger partial charge in [0, 0.05) is 19.1 Å². The van der Waals surface area contributed by atoms with Gasteiger partial charge in [-0.1, -0.05) is 24.3 Å². The number of benzene rings is 2. The Morgan fingerprint density at radius 1 is 1.00 bits per heavy atom. The molecule has 0 spiro atoms. The molecular weight excluding hydrogens is 392 g/mol. The van der Waals surface area contributed by atoms with Crippen molar-refractivity contribution in [1.82, 2.24) is 10.2 Å². The molecule has 1 fully saturated rings. The van der Waals surface area contributed by atoms with Crippen LogP contribution in [0.5, 0.6) is 11.5 Å². The number of hydrogen-bond donors (Lipinski definition) is 1. The van der Waals surface area contributed by atoms with Crippen LogP contribution in [0, 0.1) is 20.8 Å². The van der Waals surface area contributed by atoms with Crippen molar-refractivity contribution in [2.45, 2.75) is 46.1 Å². The number of likely N-dealkylation sites (tertiary alicyclic amines) is 1. The molecule has 0 saturated carbocycles. The molecule has 0 radical (unpaired) electrons. The number of aryl methyl sites for hydroxylation is 2. The highest BCUT2D eigenvalue weighted by atomic mass is 16.5. The van der Waals surface area contributed by atoms with Gasteiger partial charge in [-0.05, 0) is 68.0 Å². The molecule has 2 aromatic rings. The lowest BCUT2D eigenvalue weighted by Gasteiger charge is -2.32. The lowest BCUT2D eigenvalue weighted by atomic mass is 10.0. The zero-order valence-electron chi connectivity index (χ0n) is 18.9. The summed E-state index contributed by atoms with van der Waals surface area (Å²) in [4.78, 5) is 26.8. The smallest absolute Gasteiger partial charge is 0.258 e. The van der Waals surface area contributed by atoms with Crippen molar-refractivity contribution in [3.8, 4) is 11.5 Å². The zero-order chi connectivity index (χ0) is 22.4. The van der Waals surface area contributed by atoms with Gasteiger partial charge >= 0.3 is 0 Å². The van der Waals surface area contributed by atoms with E-state index in [0.29, 0.717) is 19.5 Å². The number of hydrogen-bond acceptors (Lipinski definition) is 4. The van der Waals surface area contributed by atoms with E-state index in [1.807, 2.05) is 56.0 Å². The molecule has 2 amide bonds. The van der Waals surface area contributed by atoms with Crippen molar-refractivity contribution in [3.05, 3.63) is 58.7 Å². The molecule has 2 aromatic carbocycles. The summed E-state index contributed by atoms with van der Waals surface area (Å²) in [5.74, 6) is 1.56. The van der Waals surface area contributed by atoms with Crippen LogP contribution in [0.15, 0.2) is 36.4 Å². The second kappa shape index (κ2) is 10.3. The van der Waals surface area contributed by atoms with Crippen LogP contribution in [-0.2, 0) is 16.0 Å². The van der Waals surface area contributed by atoms with Gasteiger partial charge < -0.3 is 19.7 Å². The number of carbonyl (C=O) groups excluding carboxylic acids is 2. The van der Waals surface area contributed by atoms with E-state index in [-0.39, 0.29) is 24.5 Å². The van der Waals surface area contributed by atoms with E-state index in [2.05, 4.69) is 11.4 Å². The molecule has 166 valence electrons. The third-order valence-electron chi connectivity index (χ3n) is 5.95. The van der Waals surface area contributed by atoms with Gasteiger partial charge in [-0.15, -0.1) is 0 Å². The predicted molar refractivity (Wildman–Crippen MR) is 121 cm³/mol. The average molecular weight is 425 g/mol. The minimum Gasteiger partial charge on any atom is -0.497 e. The summed E-state index contributed by atoms with van der Waals surface area (Å²) in [5.41, 5.74) is 4.21. The van der Waals surface area contributed by atoms with Crippen molar-refractivity contribution in [1.29, 1.82) is 0 Å². The van der Waals surface area contributed by atoms with Crippen molar-refractivity contribution in [3.63, 3.8) is 0 Å². The van der Waals surface area contributed by atoms with E-state index in [9.17, 15) is 9.59 Å². The molecule has 31 heavy (non-hydrogen) atoms. The number of amides is 2. The Hall–Kier alpha value is -3.02. The van der Waals surface area contributed by atoms with Crippen molar-refractivity contribution in [2.24, 2.45) is 0 Å². The molecule has 0 bridgehead atoms. The second-order valence-electron chi connectivity index (χ2n) is 8.19. The predicted octanol–water partition coefficient (Wildman–Crippen LogP) is 3.35. The summed E-state index contributed by atoms with van der Waals surface area (Å²) in [6.45, 7) is 7.33. The number of carbonyl (C=O) groups is 2. The maximum absolute atomic E-state index is 12.6. The van der Waals surface area contributed by atoms with Gasteiger partial charge in [0.1, 0.15) is 11.5 Å². The topological polar surface area (TPSA) is 67.9 Å². The van der Waals surface area contributed by atoms with E-state index in [4.69, 9.17) is 9.47 Å². The first-order valence-electron chi connectivity index (χ1n) is 10.8. The molecule has 0 aliphatic carbocycles. The largest absolute Gasteiger partial charge is 0.497 e. The minimum atomic E-state index is -0.122. The first-order valence-corrected chi connectivity index (χ1v) is 10.8. The fourth-order valence-electron chi connectivity index (χ4n) is 3.86. The van der Waals surface area contributed by atoms with E-state index in [1.165, 1.54) is 0 Å². The summed E-state index contributed by atoms with van der Waals surface area (Å²) in [5, 5.41) is 3.05. The van der Waals surface area contributed by atoms with Gasteiger partial charge in [-0.25, -0.2) is 0 Å². The van der Waals surface area contributed by atoms with Gasteiger partial charge in [0.15, 0.2) is 6.61 Å². The molecule has 1 aliphatic rings. The van der Waals surface area contributed by atoms with Crippen LogP contribution in [0.4, 0.5) is 0 Å². The van der Waals surface area contributed by atoms with Gasteiger partial charge in [-0.3, -0.25) is 9.59 Å². The van der Waals surface area contributed by atoms with Crippen LogP contribution in [-0.4, -0.2) is 49.6 Å². The van der Waals surface area contributed by atoms with E-state index < -0.39 is 0 Å². The van der Waals surface area contributed by atoms with Crippen LogP contribution in [0.3, 0.4) is 0 Å². The van der Waals surface area contributed by atoms with Crippen LogP contribution in [0.2, 0.25) is 0 Å². The Bertz CT molecular complexity index is 916. The molecule has 0 unspecified atom stereocenters. The highest BCUT2D eigenvalue weighted by Crippen LogP contribution is 2.25. The quantitative estimate of drug-likeness (QED) is 0.740. The first kappa shape index (κ1) is 22.7. The molecule has 0 aromatic heterocycles. The van der Waals surface area contributed by atoms with E-state index >= 15 is 0 Å². The molecular formula is C25H32N2O4. The number of ether oxygens (including phenoxy) is 2. The number of piperidine rings is 1. The zero-order valence-corrected chi connectivity index (χ0v) is 18.9. The van der Waals surface area contributed by atoms with Gasteiger partial charge in [-0.2, -0.15) is 0 Å². The number of rotatable bonds is 7. The third-order valence-corrected chi connectivity index (χ3v) is 5.95. The summed E-state index contributed by atoms with van der Waals surface area (Å²) >= 11 is 0. The van der Waals surface area contributed by atoms with Crippen LogP contribution in [0.1, 0.15) is 35.1 Å². The molecule has 6 nitrogen and oxygen atoms in total. The van der Waals surface area contributed by atoms with E-state index in [1.54, 1.807) is 7.11 Å². The summed E-state index contributed by atoms with van der Waals surface area (Å²) in [6, 6.07) is 11.7. The Morgan fingerprint density at radius 3 is 2.29 bits per heavy atom. The molecule has 1 aliphatic heterocycles. The molecule has 0 atom stereocenters. The SMILES string of the molecule is COc1ccc(CC(=O)N2CCC(NC(=O)COc3c(C)ccc(C)c3C)CC2)cc1. The summed E-state index contributed by atoms with van der Waals surface area (Å²) in [6.07, 6.45) is 1.88. The highest BCUT2D eigenvalue weighted by Gasteiger charge is 2.24. The third kappa shape index (κ3) is 6.00. The first-order chi connectivity index (χ1) is 14.9. The fourth-order valence-corrected chi connectivity index (χ4v) is 3.86. The van der Waals surface area contributed by atoms with Crippen molar-refractivity contribution < 1.29 is 19.1 Å². The minimum absolute atomic E-state index is 0.00173. The maximum atomic E-state index is 12.6.